The SMILES string of the molecule is COc1ccc(CCC(=O)N2CCCN(CC(=O)Nc3cccc(S(N)(=O)=O)c3)CC2)cc1. The van der Waals surface area contributed by atoms with Crippen molar-refractivity contribution in [3.05, 3.63) is 54.1 Å². The molecular weight excluding hydrogens is 444 g/mol. The number of nitrogens with zero attached hydrogens (tertiary/aromatic N) is 2. The minimum absolute atomic E-state index is 0.0566. The van der Waals surface area contributed by atoms with E-state index in [0.717, 1.165) is 17.7 Å². The summed E-state index contributed by atoms with van der Waals surface area (Å²) < 4.78 is 28.1. The first kappa shape index (κ1) is 24.7. The molecule has 0 bridgehead atoms. The van der Waals surface area contributed by atoms with E-state index in [1.807, 2.05) is 34.1 Å². The highest BCUT2D eigenvalue weighted by molar-refractivity contribution is 7.89. The highest BCUT2D eigenvalue weighted by atomic mass is 32.2. The molecule has 0 aliphatic carbocycles. The second kappa shape index (κ2) is 11.3. The topological polar surface area (TPSA) is 122 Å². The van der Waals surface area contributed by atoms with E-state index in [4.69, 9.17) is 9.88 Å². The summed E-state index contributed by atoms with van der Waals surface area (Å²) in [6.07, 6.45) is 1.89. The van der Waals surface area contributed by atoms with Crippen molar-refractivity contribution < 1.29 is 22.7 Å². The lowest BCUT2D eigenvalue weighted by atomic mass is 10.1. The van der Waals surface area contributed by atoms with Crippen LogP contribution in [-0.2, 0) is 26.0 Å². The molecule has 1 heterocycles. The van der Waals surface area contributed by atoms with E-state index in [2.05, 4.69) is 5.32 Å². The lowest BCUT2D eigenvalue weighted by Gasteiger charge is -2.22. The molecule has 3 rings (SSSR count). The smallest absolute Gasteiger partial charge is 0.238 e. The molecule has 1 fully saturated rings. The molecular formula is C23H30N4O5S. The molecule has 2 aromatic carbocycles. The molecule has 3 N–H and O–H groups in total. The summed E-state index contributed by atoms with van der Waals surface area (Å²) in [5.74, 6) is 0.650. The first-order valence-electron chi connectivity index (χ1n) is 10.8. The van der Waals surface area contributed by atoms with Crippen molar-refractivity contribution in [2.75, 3.05) is 45.2 Å². The molecule has 10 heteroatoms. The Morgan fingerprint density at radius 2 is 1.82 bits per heavy atom. The van der Waals surface area contributed by atoms with Crippen LogP contribution in [0.3, 0.4) is 0 Å². The van der Waals surface area contributed by atoms with Crippen LogP contribution in [0.1, 0.15) is 18.4 Å². The van der Waals surface area contributed by atoms with Crippen molar-refractivity contribution in [1.29, 1.82) is 0 Å². The number of amides is 2. The van der Waals surface area contributed by atoms with E-state index in [-0.39, 0.29) is 23.3 Å². The zero-order valence-corrected chi connectivity index (χ0v) is 19.5. The Morgan fingerprint density at radius 3 is 2.52 bits per heavy atom. The Kier molecular flexibility index (Phi) is 8.43. The fourth-order valence-electron chi connectivity index (χ4n) is 3.73. The maximum absolute atomic E-state index is 12.7. The lowest BCUT2D eigenvalue weighted by molar-refractivity contribution is -0.131. The van der Waals surface area contributed by atoms with Crippen molar-refractivity contribution in [2.24, 2.45) is 5.14 Å². The molecule has 0 atom stereocenters. The van der Waals surface area contributed by atoms with Gasteiger partial charge >= 0.3 is 0 Å². The highest BCUT2D eigenvalue weighted by Gasteiger charge is 2.20. The van der Waals surface area contributed by atoms with Gasteiger partial charge < -0.3 is 15.0 Å². The quantitative estimate of drug-likeness (QED) is 0.597. The Morgan fingerprint density at radius 1 is 1.06 bits per heavy atom. The van der Waals surface area contributed by atoms with Gasteiger partial charge in [0, 0.05) is 38.3 Å². The van der Waals surface area contributed by atoms with Crippen LogP contribution in [0.5, 0.6) is 5.75 Å². The zero-order valence-electron chi connectivity index (χ0n) is 18.7. The average Bonchev–Trinajstić information content (AvgIpc) is 3.03. The number of aryl methyl sites for hydroxylation is 1. The summed E-state index contributed by atoms with van der Waals surface area (Å²) in [6.45, 7) is 2.69. The van der Waals surface area contributed by atoms with Gasteiger partial charge in [-0.05, 0) is 48.7 Å². The van der Waals surface area contributed by atoms with Gasteiger partial charge in [0.1, 0.15) is 5.75 Å². The molecule has 0 radical (unpaired) electrons. The molecule has 1 saturated heterocycles. The number of anilines is 1. The molecule has 0 saturated carbocycles. The Balaban J connectivity index is 1.46. The highest BCUT2D eigenvalue weighted by Crippen LogP contribution is 2.15. The van der Waals surface area contributed by atoms with Gasteiger partial charge in [0.2, 0.25) is 21.8 Å². The monoisotopic (exact) mass is 474 g/mol. The predicted molar refractivity (Wildman–Crippen MR) is 125 cm³/mol. The summed E-state index contributed by atoms with van der Waals surface area (Å²) >= 11 is 0. The maximum atomic E-state index is 12.7. The summed E-state index contributed by atoms with van der Waals surface area (Å²) in [6, 6.07) is 13.6. The lowest BCUT2D eigenvalue weighted by Crippen LogP contribution is -2.38. The van der Waals surface area contributed by atoms with Gasteiger partial charge in [-0.15, -0.1) is 0 Å². The fourth-order valence-corrected chi connectivity index (χ4v) is 4.29. The Labute approximate surface area is 194 Å². The van der Waals surface area contributed by atoms with Crippen LogP contribution in [0, 0.1) is 0 Å². The van der Waals surface area contributed by atoms with Crippen molar-refractivity contribution in [1.82, 2.24) is 9.80 Å². The number of methoxy groups -OCH3 is 1. The number of nitrogens with two attached hydrogens (primary N) is 1. The largest absolute Gasteiger partial charge is 0.497 e. The Bertz CT molecular complexity index is 1070. The molecule has 0 spiro atoms. The van der Waals surface area contributed by atoms with E-state index < -0.39 is 10.0 Å². The van der Waals surface area contributed by atoms with Crippen LogP contribution in [0.2, 0.25) is 0 Å². The Hall–Kier alpha value is -2.95. The van der Waals surface area contributed by atoms with Crippen molar-refractivity contribution in [2.45, 2.75) is 24.2 Å². The van der Waals surface area contributed by atoms with Gasteiger partial charge in [0.05, 0.1) is 18.6 Å². The summed E-state index contributed by atoms with van der Waals surface area (Å²) in [5, 5.41) is 7.85. The number of carbonyl (C=O) groups excluding carboxylic acids is 2. The van der Waals surface area contributed by atoms with Crippen molar-refractivity contribution >= 4 is 27.5 Å². The van der Waals surface area contributed by atoms with E-state index in [0.29, 0.717) is 44.7 Å². The number of nitrogens with one attached hydrogen (secondary N) is 1. The van der Waals surface area contributed by atoms with E-state index in [9.17, 15) is 18.0 Å². The third kappa shape index (κ3) is 7.55. The van der Waals surface area contributed by atoms with E-state index in [1.54, 1.807) is 13.2 Å². The molecule has 178 valence electrons. The van der Waals surface area contributed by atoms with E-state index in [1.165, 1.54) is 18.2 Å². The molecule has 33 heavy (non-hydrogen) atoms. The average molecular weight is 475 g/mol. The molecule has 9 nitrogen and oxygen atoms in total. The maximum Gasteiger partial charge on any atom is 0.238 e. The number of ether oxygens (including phenoxy) is 1. The molecule has 2 amide bonds. The number of hydrogen-bond donors (Lipinski definition) is 2. The molecule has 1 aliphatic heterocycles. The minimum atomic E-state index is -3.84. The molecule has 0 aromatic heterocycles. The van der Waals surface area contributed by atoms with Gasteiger partial charge in [0.25, 0.3) is 0 Å². The summed E-state index contributed by atoms with van der Waals surface area (Å²) in [5.41, 5.74) is 1.46. The second-order valence-electron chi connectivity index (χ2n) is 7.98. The normalized spacial score (nSPS) is 15.0. The molecule has 0 unspecified atom stereocenters. The van der Waals surface area contributed by atoms with Crippen LogP contribution in [-0.4, -0.2) is 69.9 Å². The summed E-state index contributed by atoms with van der Waals surface area (Å²) in [7, 11) is -2.22. The van der Waals surface area contributed by atoms with Crippen molar-refractivity contribution in [3.63, 3.8) is 0 Å². The third-order valence-electron chi connectivity index (χ3n) is 5.54. The first-order chi connectivity index (χ1) is 15.7. The van der Waals surface area contributed by atoms with Crippen LogP contribution < -0.4 is 15.2 Å². The third-order valence-corrected chi connectivity index (χ3v) is 6.45. The number of rotatable bonds is 8. The number of hydrogen-bond acceptors (Lipinski definition) is 6. The number of carbonyl (C=O) groups is 2. The fraction of sp³-hybridized carbons (Fsp3) is 0.391. The minimum Gasteiger partial charge on any atom is -0.497 e. The molecule has 1 aliphatic rings. The zero-order chi connectivity index (χ0) is 23.8. The van der Waals surface area contributed by atoms with Gasteiger partial charge in [-0.1, -0.05) is 18.2 Å². The second-order valence-corrected chi connectivity index (χ2v) is 9.54. The van der Waals surface area contributed by atoms with Crippen LogP contribution in [0.15, 0.2) is 53.4 Å². The number of benzene rings is 2. The van der Waals surface area contributed by atoms with Gasteiger partial charge in [-0.25, -0.2) is 13.6 Å². The number of sulfonamides is 1. The summed E-state index contributed by atoms with van der Waals surface area (Å²) in [4.78, 5) is 28.9. The number of primary sulfonamides is 1. The van der Waals surface area contributed by atoms with Crippen LogP contribution in [0.4, 0.5) is 5.69 Å². The molecule has 2 aromatic rings. The predicted octanol–water partition coefficient (Wildman–Crippen LogP) is 1.45. The van der Waals surface area contributed by atoms with Gasteiger partial charge in [-0.3, -0.25) is 14.5 Å². The van der Waals surface area contributed by atoms with Gasteiger partial charge in [-0.2, -0.15) is 0 Å². The van der Waals surface area contributed by atoms with Crippen LogP contribution >= 0.6 is 0 Å². The van der Waals surface area contributed by atoms with Crippen molar-refractivity contribution in [3.8, 4) is 5.75 Å². The van der Waals surface area contributed by atoms with E-state index >= 15 is 0 Å². The van der Waals surface area contributed by atoms with Gasteiger partial charge in [0.15, 0.2) is 0 Å². The standard InChI is InChI=1S/C23H30N4O5S/c1-32-20-9-6-18(7-10-20)8-11-23(29)27-13-3-12-26(14-15-27)17-22(28)25-19-4-2-5-21(16-19)33(24,30)31/h2,4-7,9-10,16H,3,8,11-15,17H2,1H3,(H,25,28)(H2,24,30,31). The first-order valence-corrected chi connectivity index (χ1v) is 12.3. The van der Waals surface area contributed by atoms with Crippen LogP contribution in [0.25, 0.3) is 0 Å².